The molecule has 18 heavy (non-hydrogen) atoms. The molecule has 0 radical (unpaired) electrons. The van der Waals surface area contributed by atoms with E-state index in [2.05, 4.69) is 36.9 Å². The van der Waals surface area contributed by atoms with Gasteiger partial charge in [-0.3, -0.25) is 4.79 Å². The Bertz CT molecular complexity index is 413. The van der Waals surface area contributed by atoms with Gasteiger partial charge in [-0.05, 0) is 46.0 Å². The highest BCUT2D eigenvalue weighted by atomic mass is 16.5. The van der Waals surface area contributed by atoms with Gasteiger partial charge in [0.05, 0.1) is 13.0 Å². The van der Waals surface area contributed by atoms with Crippen molar-refractivity contribution in [3.63, 3.8) is 0 Å². The molecule has 1 unspecified atom stereocenters. The molecule has 1 rings (SSSR count). The van der Waals surface area contributed by atoms with Crippen LogP contribution in [0.1, 0.15) is 36.1 Å². The zero-order valence-corrected chi connectivity index (χ0v) is 12.0. The fourth-order valence-corrected chi connectivity index (χ4v) is 2.07. The maximum Gasteiger partial charge on any atom is 0.307 e. The van der Waals surface area contributed by atoms with Gasteiger partial charge in [0.15, 0.2) is 0 Å². The van der Waals surface area contributed by atoms with Crippen molar-refractivity contribution >= 4 is 5.97 Å². The monoisotopic (exact) mass is 249 g/mol. The molecule has 0 bridgehead atoms. The van der Waals surface area contributed by atoms with Crippen LogP contribution in [-0.4, -0.2) is 31.6 Å². The maximum absolute atomic E-state index is 11.7. The van der Waals surface area contributed by atoms with Crippen molar-refractivity contribution in [2.75, 3.05) is 20.7 Å². The Morgan fingerprint density at radius 1 is 1.33 bits per heavy atom. The molecule has 1 aromatic carbocycles. The number of aryl methyl sites for hydroxylation is 2. The largest absolute Gasteiger partial charge is 0.466 e. The molecule has 0 N–H and O–H groups in total. The first-order chi connectivity index (χ1) is 8.45. The minimum atomic E-state index is -0.142. The third kappa shape index (κ3) is 3.84. The summed E-state index contributed by atoms with van der Waals surface area (Å²) in [7, 11) is 3.98. The van der Waals surface area contributed by atoms with E-state index in [0.29, 0.717) is 13.0 Å². The molecule has 100 valence electrons. The van der Waals surface area contributed by atoms with Crippen molar-refractivity contribution in [3.8, 4) is 0 Å². The van der Waals surface area contributed by atoms with E-state index in [1.165, 1.54) is 16.7 Å². The van der Waals surface area contributed by atoms with E-state index in [9.17, 15) is 4.79 Å². The van der Waals surface area contributed by atoms with E-state index in [4.69, 9.17) is 4.74 Å². The first kappa shape index (κ1) is 14.7. The number of carbonyl (C=O) groups excluding carboxylic acids is 1. The van der Waals surface area contributed by atoms with Crippen LogP contribution in [0.3, 0.4) is 0 Å². The lowest BCUT2D eigenvalue weighted by atomic mass is 9.96. The number of rotatable bonds is 5. The average Bonchev–Trinajstić information content (AvgIpc) is 2.29. The summed E-state index contributed by atoms with van der Waals surface area (Å²) in [4.78, 5) is 13.7. The van der Waals surface area contributed by atoms with E-state index in [-0.39, 0.29) is 12.0 Å². The SMILES string of the molecule is CCOC(=O)CC(c1cc(C)ccc1C)N(C)C. The van der Waals surface area contributed by atoms with Crippen LogP contribution in [0.5, 0.6) is 0 Å². The molecule has 0 fully saturated rings. The van der Waals surface area contributed by atoms with Crippen LogP contribution >= 0.6 is 0 Å². The van der Waals surface area contributed by atoms with Crippen LogP contribution < -0.4 is 0 Å². The Kier molecular flexibility index (Phi) is 5.35. The lowest BCUT2D eigenvalue weighted by Gasteiger charge is -2.25. The number of nitrogens with zero attached hydrogens (tertiary/aromatic N) is 1. The summed E-state index contributed by atoms with van der Waals surface area (Å²) < 4.78 is 5.05. The van der Waals surface area contributed by atoms with Gasteiger partial charge in [0.2, 0.25) is 0 Å². The molecule has 1 atom stereocenters. The normalized spacial score (nSPS) is 12.6. The standard InChI is InChI=1S/C15H23NO2/c1-6-18-15(17)10-14(16(4)5)13-9-11(2)7-8-12(13)3/h7-9,14H,6,10H2,1-5H3. The summed E-state index contributed by atoms with van der Waals surface area (Å²) >= 11 is 0. The molecule has 0 aliphatic rings. The Labute approximate surface area is 110 Å². The van der Waals surface area contributed by atoms with Gasteiger partial charge < -0.3 is 9.64 Å². The van der Waals surface area contributed by atoms with Gasteiger partial charge in [-0.2, -0.15) is 0 Å². The highest BCUT2D eigenvalue weighted by molar-refractivity contribution is 5.70. The first-order valence-corrected chi connectivity index (χ1v) is 6.35. The molecule has 3 heteroatoms. The number of esters is 1. The predicted octanol–water partition coefficient (Wildman–Crippen LogP) is 2.86. The Hall–Kier alpha value is -1.35. The van der Waals surface area contributed by atoms with E-state index in [1.807, 2.05) is 21.0 Å². The van der Waals surface area contributed by atoms with Crippen molar-refractivity contribution in [3.05, 3.63) is 34.9 Å². The third-order valence-electron chi connectivity index (χ3n) is 3.08. The van der Waals surface area contributed by atoms with E-state index < -0.39 is 0 Å². The van der Waals surface area contributed by atoms with Crippen LogP contribution in [0.4, 0.5) is 0 Å². The molecular weight excluding hydrogens is 226 g/mol. The first-order valence-electron chi connectivity index (χ1n) is 6.35. The topological polar surface area (TPSA) is 29.5 Å². The van der Waals surface area contributed by atoms with Crippen molar-refractivity contribution in [1.82, 2.24) is 4.90 Å². The molecule has 0 saturated carbocycles. The van der Waals surface area contributed by atoms with E-state index in [0.717, 1.165) is 0 Å². The van der Waals surface area contributed by atoms with Crippen LogP contribution in [0.2, 0.25) is 0 Å². The number of benzene rings is 1. The van der Waals surface area contributed by atoms with Crippen molar-refractivity contribution in [2.45, 2.75) is 33.2 Å². The molecule has 0 heterocycles. The summed E-state index contributed by atoms with van der Waals surface area (Å²) in [6, 6.07) is 6.42. The van der Waals surface area contributed by atoms with Gasteiger partial charge in [0.1, 0.15) is 0 Å². The lowest BCUT2D eigenvalue weighted by Crippen LogP contribution is -2.24. The third-order valence-corrected chi connectivity index (χ3v) is 3.08. The molecule has 1 aromatic rings. The van der Waals surface area contributed by atoms with Crippen LogP contribution in [-0.2, 0) is 9.53 Å². The van der Waals surface area contributed by atoms with Crippen molar-refractivity contribution in [1.29, 1.82) is 0 Å². The second-order valence-corrected chi connectivity index (χ2v) is 4.85. The Balaban J connectivity index is 2.97. The summed E-state index contributed by atoms with van der Waals surface area (Å²) in [5.41, 5.74) is 3.63. The fraction of sp³-hybridized carbons (Fsp3) is 0.533. The predicted molar refractivity (Wildman–Crippen MR) is 73.6 cm³/mol. The summed E-state index contributed by atoms with van der Waals surface area (Å²) in [6.45, 7) is 6.42. The number of carbonyl (C=O) groups is 1. The molecule has 0 spiro atoms. The lowest BCUT2D eigenvalue weighted by molar-refractivity contribution is -0.144. The molecule has 0 aromatic heterocycles. The van der Waals surface area contributed by atoms with Crippen LogP contribution in [0.25, 0.3) is 0 Å². The average molecular weight is 249 g/mol. The van der Waals surface area contributed by atoms with Gasteiger partial charge in [0, 0.05) is 6.04 Å². The molecule has 0 aliphatic carbocycles. The molecule has 0 amide bonds. The van der Waals surface area contributed by atoms with Crippen molar-refractivity contribution in [2.24, 2.45) is 0 Å². The van der Waals surface area contributed by atoms with Crippen molar-refractivity contribution < 1.29 is 9.53 Å². The van der Waals surface area contributed by atoms with Gasteiger partial charge >= 0.3 is 5.97 Å². The zero-order valence-electron chi connectivity index (χ0n) is 12.0. The van der Waals surface area contributed by atoms with Gasteiger partial charge in [-0.15, -0.1) is 0 Å². The quantitative estimate of drug-likeness (QED) is 0.751. The molecule has 0 aliphatic heterocycles. The van der Waals surface area contributed by atoms with E-state index in [1.54, 1.807) is 0 Å². The van der Waals surface area contributed by atoms with Gasteiger partial charge in [-0.1, -0.05) is 23.8 Å². The summed E-state index contributed by atoms with van der Waals surface area (Å²) in [5, 5.41) is 0. The number of hydrogen-bond acceptors (Lipinski definition) is 3. The molecule has 0 saturated heterocycles. The van der Waals surface area contributed by atoms with Crippen LogP contribution in [0.15, 0.2) is 18.2 Å². The Morgan fingerprint density at radius 3 is 2.56 bits per heavy atom. The second-order valence-electron chi connectivity index (χ2n) is 4.85. The Morgan fingerprint density at radius 2 is 2.00 bits per heavy atom. The van der Waals surface area contributed by atoms with Gasteiger partial charge in [-0.25, -0.2) is 0 Å². The smallest absolute Gasteiger partial charge is 0.307 e. The fourth-order valence-electron chi connectivity index (χ4n) is 2.07. The number of ether oxygens (including phenoxy) is 1. The molecular formula is C15H23NO2. The second kappa shape index (κ2) is 6.55. The molecule has 3 nitrogen and oxygen atoms in total. The highest BCUT2D eigenvalue weighted by Crippen LogP contribution is 2.26. The van der Waals surface area contributed by atoms with Gasteiger partial charge in [0.25, 0.3) is 0 Å². The number of hydrogen-bond donors (Lipinski definition) is 0. The summed E-state index contributed by atoms with van der Waals surface area (Å²) in [6.07, 6.45) is 0.394. The van der Waals surface area contributed by atoms with E-state index >= 15 is 0 Å². The minimum absolute atomic E-state index is 0.0731. The zero-order chi connectivity index (χ0) is 13.7. The summed E-state index contributed by atoms with van der Waals surface area (Å²) in [5.74, 6) is -0.142. The highest BCUT2D eigenvalue weighted by Gasteiger charge is 2.20. The minimum Gasteiger partial charge on any atom is -0.466 e. The maximum atomic E-state index is 11.7. The van der Waals surface area contributed by atoms with Crippen LogP contribution in [0, 0.1) is 13.8 Å².